The lowest BCUT2D eigenvalue weighted by atomic mass is 10.4. The minimum absolute atomic E-state index is 0.319. The van der Waals surface area contributed by atoms with Crippen molar-refractivity contribution in [3.63, 3.8) is 0 Å². The van der Waals surface area contributed by atoms with Gasteiger partial charge in [-0.25, -0.2) is 0 Å². The summed E-state index contributed by atoms with van der Waals surface area (Å²) in [5.41, 5.74) is 0. The number of rotatable bonds is 4. The van der Waals surface area contributed by atoms with Gasteiger partial charge in [0.15, 0.2) is 0 Å². The maximum Gasteiger partial charge on any atom is 0.0653 e. The van der Waals surface area contributed by atoms with Gasteiger partial charge in [0, 0.05) is 0 Å². The van der Waals surface area contributed by atoms with Crippen LogP contribution in [-0.2, 0) is 4.74 Å². The fourth-order valence-corrected chi connectivity index (χ4v) is 0.400. The molecule has 0 saturated carbocycles. The highest BCUT2D eigenvalue weighted by Gasteiger charge is 1.86. The van der Waals surface area contributed by atoms with Crippen LogP contribution in [0.5, 0.6) is 0 Å². The quantitative estimate of drug-likeness (QED) is 0.524. The van der Waals surface area contributed by atoms with Crippen molar-refractivity contribution in [3.8, 4) is 0 Å². The third-order valence-electron chi connectivity index (χ3n) is 0.798. The molecular weight excluding hydrogens is 112 g/mol. The Labute approximate surface area is 57.0 Å². The average Bonchev–Trinajstić information content (AvgIpc) is 1.80. The van der Waals surface area contributed by atoms with Crippen LogP contribution in [0.25, 0.3) is 0 Å². The van der Waals surface area contributed by atoms with Gasteiger partial charge in [-0.1, -0.05) is 24.8 Å². The number of allylic oxidation sites excluding steroid dienone is 2. The van der Waals surface area contributed by atoms with Crippen LogP contribution >= 0.6 is 0 Å². The summed E-state index contributed by atoms with van der Waals surface area (Å²) in [4.78, 5) is 0. The lowest BCUT2D eigenvalue weighted by molar-refractivity contribution is 0.102. The highest BCUT2D eigenvalue weighted by molar-refractivity contribution is 4.96. The molecule has 0 radical (unpaired) electrons. The molecule has 0 heterocycles. The normalized spacial score (nSPS) is 11.0. The van der Waals surface area contributed by atoms with Gasteiger partial charge in [-0.3, -0.25) is 0 Å². The molecule has 0 spiro atoms. The van der Waals surface area contributed by atoms with Crippen molar-refractivity contribution in [1.82, 2.24) is 0 Å². The fraction of sp³-hybridized carbons (Fsp3) is 0.500. The Morgan fingerprint density at radius 1 is 1.56 bits per heavy atom. The van der Waals surface area contributed by atoms with Crippen molar-refractivity contribution in [2.75, 3.05) is 6.61 Å². The topological polar surface area (TPSA) is 9.23 Å². The monoisotopic (exact) mass is 126 g/mol. The molecule has 0 fully saturated rings. The molecule has 0 aliphatic rings. The van der Waals surface area contributed by atoms with E-state index in [-0.39, 0.29) is 0 Å². The molecule has 0 atom stereocenters. The van der Waals surface area contributed by atoms with Crippen molar-refractivity contribution in [2.24, 2.45) is 0 Å². The second-order valence-electron chi connectivity index (χ2n) is 2.05. The summed E-state index contributed by atoms with van der Waals surface area (Å²) in [7, 11) is 0. The number of hydrogen-bond donors (Lipinski definition) is 0. The highest BCUT2D eigenvalue weighted by atomic mass is 16.5. The fourth-order valence-electron chi connectivity index (χ4n) is 0.400. The first-order valence-electron chi connectivity index (χ1n) is 3.16. The van der Waals surface area contributed by atoms with Gasteiger partial charge >= 0.3 is 0 Å². The molecular formula is C8H14O. The van der Waals surface area contributed by atoms with Gasteiger partial charge in [0.1, 0.15) is 0 Å². The first-order valence-corrected chi connectivity index (χ1v) is 3.16. The van der Waals surface area contributed by atoms with E-state index in [2.05, 4.69) is 6.58 Å². The predicted octanol–water partition coefficient (Wildman–Crippen LogP) is 2.15. The molecule has 0 aromatic heterocycles. The summed E-state index contributed by atoms with van der Waals surface area (Å²) in [6, 6.07) is 0. The largest absolute Gasteiger partial charge is 0.375 e. The van der Waals surface area contributed by atoms with Gasteiger partial charge < -0.3 is 4.74 Å². The van der Waals surface area contributed by atoms with Crippen molar-refractivity contribution in [2.45, 2.75) is 20.0 Å². The van der Waals surface area contributed by atoms with Gasteiger partial charge in [-0.15, -0.1) is 0 Å². The van der Waals surface area contributed by atoms with Gasteiger partial charge in [0.05, 0.1) is 12.7 Å². The second-order valence-corrected chi connectivity index (χ2v) is 2.05. The Bertz CT molecular complexity index is 92.7. The van der Waals surface area contributed by atoms with Crippen molar-refractivity contribution < 1.29 is 4.74 Å². The predicted molar refractivity (Wildman–Crippen MR) is 40.4 cm³/mol. The third kappa shape index (κ3) is 7.44. The van der Waals surface area contributed by atoms with E-state index in [1.165, 1.54) is 0 Å². The Morgan fingerprint density at radius 3 is 2.67 bits per heavy atom. The molecule has 0 aliphatic carbocycles. The van der Waals surface area contributed by atoms with Gasteiger partial charge in [-0.2, -0.15) is 0 Å². The van der Waals surface area contributed by atoms with E-state index in [1.54, 1.807) is 6.08 Å². The van der Waals surface area contributed by atoms with E-state index in [1.807, 2.05) is 26.0 Å². The second kappa shape index (κ2) is 5.57. The minimum Gasteiger partial charge on any atom is -0.375 e. The van der Waals surface area contributed by atoms with Gasteiger partial charge in [0.2, 0.25) is 0 Å². The molecule has 0 amide bonds. The van der Waals surface area contributed by atoms with E-state index >= 15 is 0 Å². The lowest BCUT2D eigenvalue weighted by Gasteiger charge is -2.01. The van der Waals surface area contributed by atoms with Gasteiger partial charge in [0.25, 0.3) is 0 Å². The smallest absolute Gasteiger partial charge is 0.0653 e. The zero-order valence-corrected chi connectivity index (χ0v) is 6.13. The molecule has 0 bridgehead atoms. The molecule has 0 aromatic carbocycles. The van der Waals surface area contributed by atoms with Crippen LogP contribution in [0, 0.1) is 0 Å². The van der Waals surface area contributed by atoms with E-state index in [9.17, 15) is 0 Å². The Morgan fingerprint density at radius 2 is 2.22 bits per heavy atom. The first kappa shape index (κ1) is 8.44. The Kier molecular flexibility index (Phi) is 5.23. The minimum atomic E-state index is 0.319. The van der Waals surface area contributed by atoms with Crippen LogP contribution in [0.15, 0.2) is 24.8 Å². The summed E-state index contributed by atoms with van der Waals surface area (Å²) in [6.45, 7) is 8.25. The van der Waals surface area contributed by atoms with E-state index in [0.29, 0.717) is 12.7 Å². The molecule has 0 rings (SSSR count). The molecule has 52 valence electrons. The Hall–Kier alpha value is -0.560. The van der Waals surface area contributed by atoms with E-state index < -0.39 is 0 Å². The van der Waals surface area contributed by atoms with Crippen molar-refractivity contribution in [3.05, 3.63) is 24.8 Å². The summed E-state index contributed by atoms with van der Waals surface area (Å²) >= 11 is 0. The summed E-state index contributed by atoms with van der Waals surface area (Å²) in [5.74, 6) is 0. The number of hydrogen-bond acceptors (Lipinski definition) is 1. The maximum atomic E-state index is 5.21. The van der Waals surface area contributed by atoms with Crippen LogP contribution in [0.3, 0.4) is 0 Å². The number of ether oxygens (including phenoxy) is 1. The maximum absolute atomic E-state index is 5.21. The third-order valence-corrected chi connectivity index (χ3v) is 0.798. The standard InChI is InChI=1S/C8H14O/c1-4-5-6-7-9-8(2)3/h4-6,8H,1,7H2,2-3H3/b6-5+. The molecule has 0 saturated heterocycles. The van der Waals surface area contributed by atoms with Crippen LogP contribution in [0.1, 0.15) is 13.8 Å². The van der Waals surface area contributed by atoms with Crippen LogP contribution < -0.4 is 0 Å². The van der Waals surface area contributed by atoms with Crippen molar-refractivity contribution in [1.29, 1.82) is 0 Å². The lowest BCUT2D eigenvalue weighted by Crippen LogP contribution is -2.01. The first-order chi connectivity index (χ1) is 4.27. The zero-order valence-electron chi connectivity index (χ0n) is 6.13. The van der Waals surface area contributed by atoms with Crippen LogP contribution in [-0.4, -0.2) is 12.7 Å². The summed E-state index contributed by atoms with van der Waals surface area (Å²) in [5, 5.41) is 0. The Balaban J connectivity index is 3.08. The highest BCUT2D eigenvalue weighted by Crippen LogP contribution is 1.86. The molecule has 9 heavy (non-hydrogen) atoms. The van der Waals surface area contributed by atoms with Crippen LogP contribution in [0.2, 0.25) is 0 Å². The van der Waals surface area contributed by atoms with Crippen LogP contribution in [0.4, 0.5) is 0 Å². The molecule has 0 aliphatic heterocycles. The molecule has 1 nitrogen and oxygen atoms in total. The van der Waals surface area contributed by atoms with Crippen molar-refractivity contribution >= 4 is 0 Å². The zero-order chi connectivity index (χ0) is 7.11. The molecule has 0 unspecified atom stereocenters. The summed E-state index contributed by atoms with van der Waals surface area (Å²) < 4.78 is 5.21. The summed E-state index contributed by atoms with van der Waals surface area (Å²) in [6.07, 6.45) is 5.87. The van der Waals surface area contributed by atoms with E-state index in [0.717, 1.165) is 0 Å². The SMILES string of the molecule is C=C/C=C/COC(C)C. The van der Waals surface area contributed by atoms with E-state index in [4.69, 9.17) is 4.74 Å². The van der Waals surface area contributed by atoms with Gasteiger partial charge in [-0.05, 0) is 13.8 Å². The molecule has 0 aromatic rings. The average molecular weight is 126 g/mol. The molecule has 1 heteroatoms. The molecule has 0 N–H and O–H groups in total.